The molecule has 0 radical (unpaired) electrons. The first-order valence-corrected chi connectivity index (χ1v) is 5.42. The van der Waals surface area contributed by atoms with Crippen molar-refractivity contribution in [1.82, 2.24) is 14.2 Å². The van der Waals surface area contributed by atoms with E-state index in [0.29, 0.717) is 11.0 Å². The summed E-state index contributed by atoms with van der Waals surface area (Å²) in [5.41, 5.74) is 1.78. The van der Waals surface area contributed by atoms with E-state index in [1.54, 1.807) is 11.7 Å². The molecule has 0 spiro atoms. The van der Waals surface area contributed by atoms with Crippen molar-refractivity contribution < 1.29 is 4.74 Å². The fraction of sp³-hybridized carbons (Fsp3) is 0.167. The minimum atomic E-state index is -0.266. The van der Waals surface area contributed by atoms with Crippen LogP contribution in [0.1, 0.15) is 0 Å². The maximum Gasteiger partial charge on any atom is 0.296 e. The normalized spacial score (nSPS) is 11.2. The van der Waals surface area contributed by atoms with Gasteiger partial charge in [-0.25, -0.2) is 9.66 Å². The number of benzene rings is 1. The Morgan fingerprint density at radius 1 is 1.39 bits per heavy atom. The van der Waals surface area contributed by atoms with Gasteiger partial charge in [-0.15, -0.1) is 0 Å². The molecule has 1 aromatic carbocycles. The van der Waals surface area contributed by atoms with Crippen molar-refractivity contribution in [1.29, 1.82) is 0 Å². The van der Waals surface area contributed by atoms with E-state index >= 15 is 0 Å². The summed E-state index contributed by atoms with van der Waals surface area (Å²) in [6.45, 7) is 0. The quantitative estimate of drug-likeness (QED) is 0.636. The van der Waals surface area contributed by atoms with E-state index in [0.717, 1.165) is 21.3 Å². The lowest BCUT2D eigenvalue weighted by Crippen LogP contribution is -2.28. The minimum Gasteiger partial charge on any atom is -0.497 e. The number of aryl methyl sites for hydroxylation is 1. The van der Waals surface area contributed by atoms with Gasteiger partial charge in [0.2, 0.25) is 0 Å². The molecular formula is C12H12N4O2. The highest BCUT2D eigenvalue weighted by molar-refractivity contribution is 6.05. The Labute approximate surface area is 102 Å². The van der Waals surface area contributed by atoms with Crippen molar-refractivity contribution in [3.8, 4) is 5.75 Å². The second-order valence-electron chi connectivity index (χ2n) is 4.10. The van der Waals surface area contributed by atoms with E-state index in [2.05, 4.69) is 4.98 Å². The molecule has 0 bridgehead atoms. The molecule has 2 aromatic heterocycles. The predicted octanol–water partition coefficient (Wildman–Crippen LogP) is 0.611. The zero-order chi connectivity index (χ0) is 12.9. The van der Waals surface area contributed by atoms with Gasteiger partial charge in [-0.1, -0.05) is 0 Å². The molecule has 3 rings (SSSR count). The summed E-state index contributed by atoms with van der Waals surface area (Å²) in [7, 11) is 3.42. The maximum absolute atomic E-state index is 12.0. The van der Waals surface area contributed by atoms with Crippen molar-refractivity contribution in [2.24, 2.45) is 7.05 Å². The molecule has 92 valence electrons. The maximum atomic E-state index is 12.0. The van der Waals surface area contributed by atoms with Crippen molar-refractivity contribution in [3.05, 3.63) is 34.9 Å². The van der Waals surface area contributed by atoms with Crippen LogP contribution in [0.2, 0.25) is 0 Å². The third-order valence-corrected chi connectivity index (χ3v) is 3.13. The van der Waals surface area contributed by atoms with Crippen LogP contribution in [0.15, 0.2) is 29.3 Å². The second-order valence-corrected chi connectivity index (χ2v) is 4.10. The molecule has 0 amide bonds. The van der Waals surface area contributed by atoms with Gasteiger partial charge in [0, 0.05) is 12.4 Å². The van der Waals surface area contributed by atoms with Gasteiger partial charge >= 0.3 is 0 Å². The Morgan fingerprint density at radius 2 is 2.17 bits per heavy atom. The van der Waals surface area contributed by atoms with Crippen LogP contribution in [0.5, 0.6) is 5.75 Å². The largest absolute Gasteiger partial charge is 0.497 e. The molecule has 0 fully saturated rings. The van der Waals surface area contributed by atoms with Crippen LogP contribution in [-0.4, -0.2) is 21.3 Å². The summed E-state index contributed by atoms with van der Waals surface area (Å²) in [5.74, 6) is 6.27. The fourth-order valence-corrected chi connectivity index (χ4v) is 2.20. The molecular weight excluding hydrogens is 232 g/mol. The topological polar surface area (TPSA) is 75.1 Å². The van der Waals surface area contributed by atoms with Crippen LogP contribution in [0.25, 0.3) is 21.9 Å². The smallest absolute Gasteiger partial charge is 0.296 e. The molecule has 0 saturated heterocycles. The zero-order valence-electron chi connectivity index (χ0n) is 10.0. The summed E-state index contributed by atoms with van der Waals surface area (Å²) >= 11 is 0. The van der Waals surface area contributed by atoms with Crippen molar-refractivity contribution in [3.63, 3.8) is 0 Å². The molecule has 0 saturated carbocycles. The summed E-state index contributed by atoms with van der Waals surface area (Å²) in [6.07, 6.45) is 1.32. The summed E-state index contributed by atoms with van der Waals surface area (Å²) in [5, 5.41) is 0.879. The number of ether oxygens (including phenoxy) is 1. The number of methoxy groups -OCH3 is 1. The van der Waals surface area contributed by atoms with Crippen LogP contribution in [0, 0.1) is 0 Å². The van der Waals surface area contributed by atoms with Crippen molar-refractivity contribution in [2.45, 2.75) is 0 Å². The number of hydrogen-bond donors (Lipinski definition) is 1. The van der Waals surface area contributed by atoms with Crippen molar-refractivity contribution in [2.75, 3.05) is 13.0 Å². The number of nitrogens with two attached hydrogens (primary N) is 1. The van der Waals surface area contributed by atoms with Crippen molar-refractivity contribution >= 4 is 21.9 Å². The van der Waals surface area contributed by atoms with Crippen LogP contribution in [0.3, 0.4) is 0 Å². The van der Waals surface area contributed by atoms with Crippen LogP contribution < -0.4 is 16.1 Å². The molecule has 0 aliphatic heterocycles. The molecule has 0 atom stereocenters. The Hall–Kier alpha value is -2.50. The van der Waals surface area contributed by atoms with Gasteiger partial charge in [-0.05, 0) is 18.2 Å². The summed E-state index contributed by atoms with van der Waals surface area (Å²) < 4.78 is 7.97. The highest BCUT2D eigenvalue weighted by atomic mass is 16.5. The average molecular weight is 244 g/mol. The number of aromatic nitrogens is 3. The standard InChI is InChI=1S/C12H12N4O2/c1-15-9-4-3-7(18-2)5-8(9)10-11(15)12(17)16(13)6-14-10/h3-6H,13H2,1-2H3. The van der Waals surface area contributed by atoms with Crippen LogP contribution in [0.4, 0.5) is 0 Å². The van der Waals surface area contributed by atoms with E-state index in [-0.39, 0.29) is 5.56 Å². The van der Waals surface area contributed by atoms with Gasteiger partial charge in [-0.2, -0.15) is 0 Å². The number of fused-ring (bicyclic) bond motifs is 3. The number of rotatable bonds is 1. The molecule has 6 heteroatoms. The number of nitrogen functional groups attached to an aromatic ring is 1. The van der Waals surface area contributed by atoms with E-state index in [9.17, 15) is 4.79 Å². The molecule has 2 N–H and O–H groups in total. The predicted molar refractivity (Wildman–Crippen MR) is 69.2 cm³/mol. The third kappa shape index (κ3) is 1.22. The minimum absolute atomic E-state index is 0.266. The first-order chi connectivity index (χ1) is 8.63. The van der Waals surface area contributed by atoms with Gasteiger partial charge in [0.05, 0.1) is 12.6 Å². The Kier molecular flexibility index (Phi) is 2.07. The monoisotopic (exact) mass is 244 g/mol. The first-order valence-electron chi connectivity index (χ1n) is 5.42. The zero-order valence-corrected chi connectivity index (χ0v) is 10.0. The Morgan fingerprint density at radius 3 is 2.89 bits per heavy atom. The summed E-state index contributed by atoms with van der Waals surface area (Å²) in [6, 6.07) is 5.61. The van der Waals surface area contributed by atoms with E-state index in [4.69, 9.17) is 10.6 Å². The molecule has 2 heterocycles. The molecule has 0 aliphatic carbocycles. The Bertz CT molecular complexity index is 816. The Balaban J connectivity index is 2.59. The molecule has 3 aromatic rings. The molecule has 0 aliphatic rings. The lowest BCUT2D eigenvalue weighted by atomic mass is 10.2. The highest BCUT2D eigenvalue weighted by Gasteiger charge is 2.14. The SMILES string of the molecule is COc1ccc2c(c1)c1ncn(N)c(=O)c1n2C. The third-order valence-electron chi connectivity index (χ3n) is 3.13. The number of nitrogens with zero attached hydrogens (tertiary/aromatic N) is 3. The fourth-order valence-electron chi connectivity index (χ4n) is 2.20. The molecule has 0 unspecified atom stereocenters. The van der Waals surface area contributed by atoms with E-state index in [1.807, 2.05) is 25.2 Å². The van der Waals surface area contributed by atoms with Gasteiger partial charge in [-0.3, -0.25) is 4.79 Å². The molecule has 6 nitrogen and oxygen atoms in total. The van der Waals surface area contributed by atoms with E-state index in [1.165, 1.54) is 6.33 Å². The second kappa shape index (κ2) is 3.49. The average Bonchev–Trinajstić information content (AvgIpc) is 2.67. The molecule has 18 heavy (non-hydrogen) atoms. The van der Waals surface area contributed by atoms with Gasteiger partial charge in [0.1, 0.15) is 23.1 Å². The van der Waals surface area contributed by atoms with Crippen LogP contribution >= 0.6 is 0 Å². The number of hydrogen-bond acceptors (Lipinski definition) is 4. The van der Waals surface area contributed by atoms with Gasteiger partial charge in [0.15, 0.2) is 0 Å². The van der Waals surface area contributed by atoms with Gasteiger partial charge in [0.25, 0.3) is 5.56 Å². The lowest BCUT2D eigenvalue weighted by molar-refractivity contribution is 0.415. The highest BCUT2D eigenvalue weighted by Crippen LogP contribution is 2.27. The lowest BCUT2D eigenvalue weighted by Gasteiger charge is -2.00. The first kappa shape index (κ1) is 10.6. The van der Waals surface area contributed by atoms with Crippen LogP contribution in [-0.2, 0) is 7.05 Å². The van der Waals surface area contributed by atoms with E-state index < -0.39 is 0 Å². The summed E-state index contributed by atoms with van der Waals surface area (Å²) in [4.78, 5) is 16.2. The van der Waals surface area contributed by atoms with Gasteiger partial charge < -0.3 is 15.1 Å².